The van der Waals surface area contributed by atoms with Gasteiger partial charge in [-0.05, 0) is 12.8 Å². The van der Waals surface area contributed by atoms with Crippen LogP contribution in [0.25, 0.3) is 0 Å². The highest BCUT2D eigenvalue weighted by Gasteiger charge is 2.46. The fourth-order valence-electron chi connectivity index (χ4n) is 0.928. The lowest BCUT2D eigenvalue weighted by atomic mass is 10.4. The molecule has 0 heterocycles. The number of hydrogen-bond donors (Lipinski definition) is 0. The summed E-state index contributed by atoms with van der Waals surface area (Å²) in [6.45, 7) is 0. The number of ether oxygens (including phenoxy) is 1. The third kappa shape index (κ3) is 2.15. The molecule has 0 amide bonds. The van der Waals surface area contributed by atoms with Gasteiger partial charge in [-0.15, -0.1) is 0 Å². The average molecular weight is 180 g/mol. The maximum atomic E-state index is 10.9. The Kier molecular flexibility index (Phi) is 2.22. The second-order valence-corrected chi connectivity index (χ2v) is 4.49. The molecule has 0 radical (unpaired) electrons. The molecule has 1 rings (SSSR count). The van der Waals surface area contributed by atoms with E-state index in [2.05, 4.69) is 4.18 Å². The second kappa shape index (κ2) is 2.73. The van der Waals surface area contributed by atoms with Gasteiger partial charge in [0.15, 0.2) is 0 Å². The first-order chi connectivity index (χ1) is 5.04. The van der Waals surface area contributed by atoms with Crippen molar-refractivity contribution >= 4 is 10.1 Å². The Bertz CT molecular complexity index is 227. The Morgan fingerprint density at radius 2 is 1.91 bits per heavy atom. The lowest BCUT2D eigenvalue weighted by Crippen LogP contribution is -2.25. The van der Waals surface area contributed by atoms with Crippen LogP contribution in [0.1, 0.15) is 12.8 Å². The van der Waals surface area contributed by atoms with Crippen LogP contribution in [0.2, 0.25) is 0 Å². The highest BCUT2D eigenvalue weighted by Crippen LogP contribution is 2.40. The van der Waals surface area contributed by atoms with E-state index in [-0.39, 0.29) is 5.75 Å². The lowest BCUT2D eigenvalue weighted by molar-refractivity contribution is 0.0974. The van der Waals surface area contributed by atoms with Gasteiger partial charge >= 0.3 is 0 Å². The van der Waals surface area contributed by atoms with Crippen LogP contribution in [0, 0.1) is 0 Å². The summed E-state index contributed by atoms with van der Waals surface area (Å²) in [7, 11) is -0.658. The molecule has 0 aliphatic heterocycles. The van der Waals surface area contributed by atoms with Crippen molar-refractivity contribution < 1.29 is 17.3 Å². The summed E-state index contributed by atoms with van der Waals surface area (Å²) in [5.41, 5.74) is -0.436. The maximum absolute atomic E-state index is 10.9. The Morgan fingerprint density at radius 3 is 2.18 bits per heavy atom. The van der Waals surface area contributed by atoms with Gasteiger partial charge in [0.2, 0.25) is 0 Å². The minimum absolute atomic E-state index is 0.0208. The van der Waals surface area contributed by atoms with Crippen molar-refractivity contribution in [3.05, 3.63) is 0 Å². The van der Waals surface area contributed by atoms with E-state index in [1.54, 1.807) is 0 Å². The summed E-state index contributed by atoms with van der Waals surface area (Å²) >= 11 is 0. The molecule has 0 N–H and O–H groups in total. The van der Waals surface area contributed by atoms with Crippen LogP contribution in [0.15, 0.2) is 0 Å². The summed E-state index contributed by atoms with van der Waals surface area (Å²) in [4.78, 5) is 0. The Balaban J connectivity index is 2.55. The van der Waals surface area contributed by atoms with Crippen LogP contribution < -0.4 is 0 Å². The molecule has 4 nitrogen and oxygen atoms in total. The minimum atomic E-state index is -3.35. The second-order valence-electron chi connectivity index (χ2n) is 2.76. The molecule has 0 saturated heterocycles. The van der Waals surface area contributed by atoms with Gasteiger partial charge in [-0.2, -0.15) is 8.42 Å². The largest absolute Gasteiger partial charge is 0.377 e. The van der Waals surface area contributed by atoms with E-state index in [1.165, 1.54) is 14.2 Å². The van der Waals surface area contributed by atoms with Gasteiger partial charge in [0, 0.05) is 7.11 Å². The van der Waals surface area contributed by atoms with Gasteiger partial charge in [-0.3, -0.25) is 4.18 Å². The normalized spacial score (nSPS) is 21.6. The quantitative estimate of drug-likeness (QED) is 0.577. The molecule has 1 aliphatic rings. The van der Waals surface area contributed by atoms with Crippen molar-refractivity contribution in [2.24, 2.45) is 0 Å². The molecule has 1 aliphatic carbocycles. The van der Waals surface area contributed by atoms with E-state index in [0.717, 1.165) is 12.8 Å². The Hall–Kier alpha value is -0.130. The molecule has 0 atom stereocenters. The molecule has 1 fully saturated rings. The maximum Gasteiger partial charge on any atom is 0.269 e. The van der Waals surface area contributed by atoms with Gasteiger partial charge in [-0.25, -0.2) is 0 Å². The van der Waals surface area contributed by atoms with Crippen molar-refractivity contribution in [1.82, 2.24) is 0 Å². The molecule has 1 saturated carbocycles. The van der Waals surface area contributed by atoms with Crippen molar-refractivity contribution in [2.45, 2.75) is 18.4 Å². The zero-order valence-electron chi connectivity index (χ0n) is 6.66. The van der Waals surface area contributed by atoms with Crippen molar-refractivity contribution in [1.29, 1.82) is 0 Å². The predicted octanol–water partition coefficient (Wildman–Crippen LogP) is 0.142. The SMILES string of the molecule is COC1(CS(=O)(=O)OC)CC1. The monoisotopic (exact) mass is 180 g/mol. The smallest absolute Gasteiger partial charge is 0.269 e. The molecule has 11 heavy (non-hydrogen) atoms. The van der Waals surface area contributed by atoms with Gasteiger partial charge in [0.1, 0.15) is 5.75 Å². The fraction of sp³-hybridized carbons (Fsp3) is 1.00. The van der Waals surface area contributed by atoms with Crippen LogP contribution in [0.5, 0.6) is 0 Å². The summed E-state index contributed by atoms with van der Waals surface area (Å²) in [6, 6.07) is 0. The molecule has 0 spiro atoms. The first kappa shape index (κ1) is 8.96. The van der Waals surface area contributed by atoms with Gasteiger partial charge in [0.25, 0.3) is 10.1 Å². The zero-order chi connectivity index (χ0) is 8.54. The first-order valence-corrected chi connectivity index (χ1v) is 4.95. The Morgan fingerprint density at radius 1 is 1.36 bits per heavy atom. The minimum Gasteiger partial charge on any atom is -0.377 e. The van der Waals surface area contributed by atoms with E-state index >= 15 is 0 Å². The van der Waals surface area contributed by atoms with Crippen LogP contribution in [0.3, 0.4) is 0 Å². The highest BCUT2D eigenvalue weighted by atomic mass is 32.2. The zero-order valence-corrected chi connectivity index (χ0v) is 7.48. The molecule has 0 bridgehead atoms. The van der Waals surface area contributed by atoms with E-state index < -0.39 is 15.7 Å². The van der Waals surface area contributed by atoms with Crippen LogP contribution in [-0.4, -0.2) is 34.0 Å². The molecule has 0 aromatic heterocycles. The molecule has 0 aromatic carbocycles. The molecular weight excluding hydrogens is 168 g/mol. The molecule has 66 valence electrons. The van der Waals surface area contributed by atoms with Crippen LogP contribution in [0.4, 0.5) is 0 Å². The standard InChI is InChI=1S/C6H12O4S/c1-9-6(3-4-6)5-11(7,8)10-2/h3-5H2,1-2H3. The first-order valence-electron chi connectivity index (χ1n) is 3.37. The number of hydrogen-bond acceptors (Lipinski definition) is 4. The van der Waals surface area contributed by atoms with E-state index in [9.17, 15) is 8.42 Å². The van der Waals surface area contributed by atoms with Crippen molar-refractivity contribution in [3.8, 4) is 0 Å². The predicted molar refractivity (Wildman–Crippen MR) is 39.8 cm³/mol. The van der Waals surface area contributed by atoms with E-state index in [0.29, 0.717) is 0 Å². The molecular formula is C6H12O4S. The third-order valence-corrected chi connectivity index (χ3v) is 3.32. The average Bonchev–Trinajstić information content (AvgIpc) is 2.69. The van der Waals surface area contributed by atoms with Crippen molar-refractivity contribution in [2.75, 3.05) is 20.0 Å². The van der Waals surface area contributed by atoms with Crippen LogP contribution in [-0.2, 0) is 19.0 Å². The third-order valence-electron chi connectivity index (χ3n) is 1.93. The van der Waals surface area contributed by atoms with Gasteiger partial charge in [0.05, 0.1) is 12.7 Å². The molecule has 5 heteroatoms. The fourth-order valence-corrected chi connectivity index (χ4v) is 2.10. The number of rotatable bonds is 4. The Labute approximate surface area is 66.6 Å². The van der Waals surface area contributed by atoms with E-state index in [4.69, 9.17) is 4.74 Å². The van der Waals surface area contributed by atoms with Crippen molar-refractivity contribution in [3.63, 3.8) is 0 Å². The molecule has 0 unspecified atom stereocenters. The molecule has 0 aromatic rings. The van der Waals surface area contributed by atoms with Gasteiger partial charge in [-0.1, -0.05) is 0 Å². The topological polar surface area (TPSA) is 52.6 Å². The summed E-state index contributed by atoms with van der Waals surface area (Å²) in [5, 5.41) is 0. The summed E-state index contributed by atoms with van der Waals surface area (Å²) in [6.07, 6.45) is 1.62. The van der Waals surface area contributed by atoms with Crippen LogP contribution >= 0.6 is 0 Å². The summed E-state index contributed by atoms with van der Waals surface area (Å²) in [5.74, 6) is -0.0208. The van der Waals surface area contributed by atoms with Gasteiger partial charge < -0.3 is 4.74 Å². The highest BCUT2D eigenvalue weighted by molar-refractivity contribution is 7.86. The summed E-state index contributed by atoms with van der Waals surface area (Å²) < 4.78 is 31.2. The lowest BCUT2D eigenvalue weighted by Gasteiger charge is -2.11. The number of methoxy groups -OCH3 is 1. The van der Waals surface area contributed by atoms with E-state index in [1.807, 2.05) is 0 Å².